The van der Waals surface area contributed by atoms with Crippen molar-refractivity contribution in [1.82, 2.24) is 0 Å². The van der Waals surface area contributed by atoms with Crippen molar-refractivity contribution >= 4 is 5.69 Å². The summed E-state index contributed by atoms with van der Waals surface area (Å²) in [4.78, 5) is 10.4. The lowest BCUT2D eigenvalue weighted by Gasteiger charge is -2.42. The van der Waals surface area contributed by atoms with Gasteiger partial charge in [0.25, 0.3) is 5.69 Å². The fourth-order valence-electron chi connectivity index (χ4n) is 3.58. The van der Waals surface area contributed by atoms with Gasteiger partial charge in [0.1, 0.15) is 6.10 Å². The maximum atomic E-state index is 10.8. The summed E-state index contributed by atoms with van der Waals surface area (Å²) in [5, 5.41) is 10.8. The van der Waals surface area contributed by atoms with Gasteiger partial charge in [-0.2, -0.15) is 0 Å². The highest BCUT2D eigenvalue weighted by molar-refractivity contribution is 5.66. The molecule has 1 aliphatic carbocycles. The zero-order valence-corrected chi connectivity index (χ0v) is 14.5. The molecular weight excluding hydrogens is 322 g/mol. The third-order valence-corrected chi connectivity index (χ3v) is 4.88. The van der Waals surface area contributed by atoms with Gasteiger partial charge in [0, 0.05) is 39.0 Å². The number of hydrogen-bond donors (Lipinski definition) is 0. The number of aryl methyl sites for hydroxylation is 1. The topological polar surface area (TPSA) is 70.8 Å². The van der Waals surface area contributed by atoms with E-state index in [-0.39, 0.29) is 11.8 Å². The number of nitro benzene ring substituents is 1. The van der Waals surface area contributed by atoms with Crippen LogP contribution in [0, 0.1) is 10.1 Å². The van der Waals surface area contributed by atoms with Gasteiger partial charge in [0.15, 0.2) is 0 Å². The second-order valence-corrected chi connectivity index (χ2v) is 6.01. The molecule has 0 saturated carbocycles. The van der Waals surface area contributed by atoms with Crippen LogP contribution in [0.5, 0.6) is 0 Å². The Labute approximate surface area is 146 Å². The van der Waals surface area contributed by atoms with Crippen LogP contribution in [0.2, 0.25) is 0 Å². The average Bonchev–Trinajstić information content (AvgIpc) is 2.66. The van der Waals surface area contributed by atoms with Crippen LogP contribution in [0.15, 0.2) is 42.5 Å². The maximum absolute atomic E-state index is 10.8. The second-order valence-electron chi connectivity index (χ2n) is 6.01. The van der Waals surface area contributed by atoms with Gasteiger partial charge in [0.05, 0.1) is 4.92 Å². The summed E-state index contributed by atoms with van der Waals surface area (Å²) in [5.41, 5.74) is 4.12. The highest BCUT2D eigenvalue weighted by Gasteiger charge is 2.45. The molecule has 6 heteroatoms. The molecule has 3 rings (SSSR count). The largest absolute Gasteiger partial charge is 0.375 e. The van der Waals surface area contributed by atoms with Gasteiger partial charge in [-0.25, -0.2) is 0 Å². The molecule has 0 N–H and O–H groups in total. The van der Waals surface area contributed by atoms with E-state index in [1.807, 2.05) is 12.1 Å². The van der Waals surface area contributed by atoms with Crippen LogP contribution >= 0.6 is 0 Å². The molecule has 2 aromatic rings. The standard InChI is InChI=1S/C19H21NO5/c1-23-18-11-7-15-12-14(6-10-17(15)19(18,24-2)25-3)13-4-8-16(9-5-13)20(21)22/h4-6,8-10,12,18H,7,11H2,1-3H3. The van der Waals surface area contributed by atoms with Crippen molar-refractivity contribution in [3.8, 4) is 11.1 Å². The van der Waals surface area contributed by atoms with E-state index in [9.17, 15) is 10.1 Å². The molecule has 6 nitrogen and oxygen atoms in total. The molecule has 1 unspecified atom stereocenters. The van der Waals surface area contributed by atoms with Gasteiger partial charge >= 0.3 is 0 Å². The lowest BCUT2D eigenvalue weighted by Crippen LogP contribution is -2.47. The number of fused-ring (bicyclic) bond motifs is 1. The van der Waals surface area contributed by atoms with E-state index < -0.39 is 10.7 Å². The summed E-state index contributed by atoms with van der Waals surface area (Å²) >= 11 is 0. The normalized spacial score (nSPS) is 18.6. The first kappa shape index (κ1) is 17.5. The summed E-state index contributed by atoms with van der Waals surface area (Å²) in [6, 6.07) is 12.6. The number of hydrogen-bond acceptors (Lipinski definition) is 5. The predicted octanol–water partition coefficient (Wildman–Crippen LogP) is 3.67. The third-order valence-electron chi connectivity index (χ3n) is 4.88. The molecule has 0 aliphatic heterocycles. The Morgan fingerprint density at radius 3 is 2.24 bits per heavy atom. The smallest absolute Gasteiger partial charge is 0.269 e. The third kappa shape index (κ3) is 2.93. The molecule has 132 valence electrons. The fraction of sp³-hybridized carbons (Fsp3) is 0.368. The van der Waals surface area contributed by atoms with Crippen molar-refractivity contribution in [2.24, 2.45) is 0 Å². The van der Waals surface area contributed by atoms with Gasteiger partial charge in [-0.1, -0.05) is 18.2 Å². The summed E-state index contributed by atoms with van der Waals surface area (Å²) < 4.78 is 17.0. The highest BCUT2D eigenvalue weighted by atomic mass is 16.7. The number of nitrogens with zero attached hydrogens (tertiary/aromatic N) is 1. The zero-order valence-electron chi connectivity index (χ0n) is 14.5. The Bertz CT molecular complexity index is 768. The van der Waals surface area contributed by atoms with Gasteiger partial charge in [-0.3, -0.25) is 10.1 Å². The Morgan fingerprint density at radius 2 is 1.68 bits per heavy atom. The summed E-state index contributed by atoms with van der Waals surface area (Å²) in [6.07, 6.45) is 1.46. The average molecular weight is 343 g/mol. The van der Waals surface area contributed by atoms with E-state index in [2.05, 4.69) is 6.07 Å². The van der Waals surface area contributed by atoms with Crippen LogP contribution in [0.1, 0.15) is 17.5 Å². The Kier molecular flexibility index (Phi) is 4.85. The van der Waals surface area contributed by atoms with Gasteiger partial charge < -0.3 is 14.2 Å². The van der Waals surface area contributed by atoms with Crippen LogP contribution < -0.4 is 0 Å². The second kappa shape index (κ2) is 6.92. The number of rotatable bonds is 5. The van der Waals surface area contributed by atoms with E-state index in [4.69, 9.17) is 14.2 Å². The first-order chi connectivity index (χ1) is 12.1. The quantitative estimate of drug-likeness (QED) is 0.471. The van der Waals surface area contributed by atoms with Crippen LogP contribution in [0.4, 0.5) is 5.69 Å². The van der Waals surface area contributed by atoms with Crippen molar-refractivity contribution in [1.29, 1.82) is 0 Å². The van der Waals surface area contributed by atoms with E-state index in [1.54, 1.807) is 33.5 Å². The number of benzene rings is 2. The van der Waals surface area contributed by atoms with Crippen LogP contribution in [-0.2, 0) is 26.4 Å². The van der Waals surface area contributed by atoms with E-state index in [1.165, 1.54) is 12.1 Å². The van der Waals surface area contributed by atoms with Crippen molar-refractivity contribution in [2.45, 2.75) is 24.7 Å². The van der Waals surface area contributed by atoms with E-state index in [0.717, 1.165) is 35.1 Å². The fourth-order valence-corrected chi connectivity index (χ4v) is 3.58. The first-order valence-corrected chi connectivity index (χ1v) is 8.07. The Balaban J connectivity index is 2.01. The molecule has 0 heterocycles. The minimum atomic E-state index is -0.920. The molecule has 0 aromatic heterocycles. The molecule has 1 aliphatic rings. The Hall–Kier alpha value is -2.28. The summed E-state index contributed by atoms with van der Waals surface area (Å²) in [5.74, 6) is -0.920. The molecule has 0 saturated heterocycles. The molecule has 1 atom stereocenters. The van der Waals surface area contributed by atoms with Crippen molar-refractivity contribution < 1.29 is 19.1 Å². The van der Waals surface area contributed by atoms with E-state index in [0.29, 0.717) is 0 Å². The van der Waals surface area contributed by atoms with Crippen molar-refractivity contribution in [2.75, 3.05) is 21.3 Å². The number of non-ortho nitro benzene ring substituents is 1. The maximum Gasteiger partial charge on any atom is 0.269 e. The van der Waals surface area contributed by atoms with Crippen molar-refractivity contribution in [3.05, 3.63) is 63.7 Å². The Morgan fingerprint density at radius 1 is 1.04 bits per heavy atom. The lowest BCUT2D eigenvalue weighted by atomic mass is 9.82. The zero-order chi connectivity index (χ0) is 18.0. The van der Waals surface area contributed by atoms with Crippen LogP contribution in [0.25, 0.3) is 11.1 Å². The number of nitro groups is 1. The molecule has 0 spiro atoms. The predicted molar refractivity (Wildman–Crippen MR) is 93.3 cm³/mol. The van der Waals surface area contributed by atoms with Gasteiger partial charge in [-0.05, 0) is 41.7 Å². The number of methoxy groups -OCH3 is 3. The molecule has 0 bridgehead atoms. The van der Waals surface area contributed by atoms with Crippen molar-refractivity contribution in [3.63, 3.8) is 0 Å². The van der Waals surface area contributed by atoms with Crippen LogP contribution in [-0.4, -0.2) is 32.4 Å². The van der Waals surface area contributed by atoms with E-state index >= 15 is 0 Å². The molecule has 0 radical (unpaired) electrons. The number of ether oxygens (including phenoxy) is 3. The minimum Gasteiger partial charge on any atom is -0.375 e. The SMILES string of the molecule is COC1CCc2cc(-c3ccc([N+](=O)[O-])cc3)ccc2C1(OC)OC. The molecule has 2 aromatic carbocycles. The van der Waals surface area contributed by atoms with Gasteiger partial charge in [0.2, 0.25) is 5.79 Å². The lowest BCUT2D eigenvalue weighted by molar-refractivity contribution is -0.384. The summed E-state index contributed by atoms with van der Waals surface area (Å²) in [6.45, 7) is 0. The minimum absolute atomic E-state index is 0.0856. The van der Waals surface area contributed by atoms with Gasteiger partial charge in [-0.15, -0.1) is 0 Å². The first-order valence-electron chi connectivity index (χ1n) is 8.07. The molecular formula is C19H21NO5. The summed E-state index contributed by atoms with van der Waals surface area (Å²) in [7, 11) is 4.90. The molecule has 0 amide bonds. The highest BCUT2D eigenvalue weighted by Crippen LogP contribution is 2.41. The molecule has 25 heavy (non-hydrogen) atoms. The van der Waals surface area contributed by atoms with Crippen LogP contribution in [0.3, 0.4) is 0 Å². The monoisotopic (exact) mass is 343 g/mol. The molecule has 0 fully saturated rings.